The Hall–Kier alpha value is -1.65. The van der Waals surface area contributed by atoms with Crippen LogP contribution in [0.1, 0.15) is 16.2 Å². The van der Waals surface area contributed by atoms with Crippen LogP contribution >= 0.6 is 0 Å². The van der Waals surface area contributed by atoms with Crippen molar-refractivity contribution in [3.8, 4) is 0 Å². The molecule has 0 aliphatic heterocycles. The maximum atomic E-state index is 10.5. The van der Waals surface area contributed by atoms with Crippen molar-refractivity contribution in [2.75, 3.05) is 0 Å². The van der Waals surface area contributed by atoms with Gasteiger partial charge in [-0.05, 0) is 6.92 Å². The van der Waals surface area contributed by atoms with Crippen molar-refractivity contribution in [2.45, 2.75) is 13.5 Å². The summed E-state index contributed by atoms with van der Waals surface area (Å²) < 4.78 is 0. The molecule has 0 saturated heterocycles. The summed E-state index contributed by atoms with van der Waals surface area (Å²) in [5.74, 6) is -1.05. The molecule has 1 aromatic heterocycles. The lowest BCUT2D eigenvalue weighted by Crippen LogP contribution is -2.02. The molecule has 1 N–H and O–H groups in total. The summed E-state index contributed by atoms with van der Waals surface area (Å²) in [6.07, 6.45) is 1.60. The van der Waals surface area contributed by atoms with Crippen LogP contribution in [0.4, 0.5) is 0 Å². The summed E-state index contributed by atoms with van der Waals surface area (Å²) in [6.45, 7) is 5.52. The van der Waals surface area contributed by atoms with Crippen molar-refractivity contribution < 1.29 is 9.90 Å². The molecule has 0 fully saturated rings. The van der Waals surface area contributed by atoms with Gasteiger partial charge in [-0.15, -0.1) is 11.7 Å². The lowest BCUT2D eigenvalue weighted by Gasteiger charge is -1.88. The predicted octanol–water partition coefficient (Wildman–Crippen LogP) is 0.471. The van der Waals surface area contributed by atoms with E-state index in [1.165, 1.54) is 4.80 Å². The Morgan fingerprint density at radius 2 is 2.42 bits per heavy atom. The molecule has 0 bridgehead atoms. The molecule has 0 amide bonds. The largest absolute Gasteiger partial charge is 0.476 e. The van der Waals surface area contributed by atoms with Gasteiger partial charge in [-0.3, -0.25) is 0 Å². The predicted molar refractivity (Wildman–Crippen MR) is 41.9 cm³/mol. The van der Waals surface area contributed by atoms with Gasteiger partial charge in [0.1, 0.15) is 0 Å². The van der Waals surface area contributed by atoms with Gasteiger partial charge in [0.2, 0.25) is 0 Å². The highest BCUT2D eigenvalue weighted by Gasteiger charge is 2.12. The van der Waals surface area contributed by atoms with E-state index in [9.17, 15) is 4.79 Å². The van der Waals surface area contributed by atoms with E-state index in [4.69, 9.17) is 5.11 Å². The number of hydrogen-bond acceptors (Lipinski definition) is 3. The van der Waals surface area contributed by atoms with Crippen molar-refractivity contribution in [1.82, 2.24) is 15.0 Å². The molecule has 1 rings (SSSR count). The number of aromatic nitrogens is 3. The smallest absolute Gasteiger partial charge is 0.358 e. The van der Waals surface area contributed by atoms with Crippen molar-refractivity contribution in [2.24, 2.45) is 0 Å². The van der Waals surface area contributed by atoms with Crippen LogP contribution < -0.4 is 0 Å². The Labute approximate surface area is 69.3 Å². The van der Waals surface area contributed by atoms with E-state index in [0.717, 1.165) is 0 Å². The quantitative estimate of drug-likeness (QED) is 0.664. The number of carbonyl (C=O) groups is 1. The number of carboxylic acid groups (broad SMARTS) is 1. The fraction of sp³-hybridized carbons (Fsp3) is 0.286. The van der Waals surface area contributed by atoms with Crippen molar-refractivity contribution >= 4 is 5.97 Å². The number of allylic oxidation sites excluding steroid dienone is 1. The van der Waals surface area contributed by atoms with Gasteiger partial charge in [0.15, 0.2) is 5.69 Å². The SMILES string of the molecule is C=CCn1nc(C)c(C(=O)O)n1. The minimum absolute atomic E-state index is 0.00292. The van der Waals surface area contributed by atoms with Gasteiger partial charge < -0.3 is 5.11 Å². The molecule has 12 heavy (non-hydrogen) atoms. The van der Waals surface area contributed by atoms with E-state index in [2.05, 4.69) is 16.8 Å². The van der Waals surface area contributed by atoms with E-state index in [-0.39, 0.29) is 5.69 Å². The Kier molecular flexibility index (Phi) is 2.23. The number of carboxylic acids is 1. The third-order valence-electron chi connectivity index (χ3n) is 1.32. The first-order valence-electron chi connectivity index (χ1n) is 3.41. The molecular formula is C7H9N3O2. The molecule has 0 spiro atoms. The van der Waals surface area contributed by atoms with Crippen LogP contribution in [0, 0.1) is 6.92 Å². The third-order valence-corrected chi connectivity index (χ3v) is 1.32. The van der Waals surface area contributed by atoms with Gasteiger partial charge in [-0.25, -0.2) is 4.79 Å². The standard InChI is InChI=1S/C7H9N3O2/c1-3-4-10-8-5(2)6(9-10)7(11)12/h3H,1,4H2,2H3,(H,11,12). The number of aromatic carboxylic acids is 1. The van der Waals surface area contributed by atoms with Crippen LogP contribution in [-0.2, 0) is 6.54 Å². The second kappa shape index (κ2) is 3.17. The minimum atomic E-state index is -1.05. The molecule has 0 aliphatic rings. The fourth-order valence-corrected chi connectivity index (χ4v) is 0.825. The summed E-state index contributed by atoms with van der Waals surface area (Å²) in [5.41, 5.74) is 0.418. The highest BCUT2D eigenvalue weighted by atomic mass is 16.4. The number of rotatable bonds is 3. The molecule has 0 unspecified atom stereocenters. The second-order valence-electron chi connectivity index (χ2n) is 2.28. The van der Waals surface area contributed by atoms with Crippen LogP contribution in [0.2, 0.25) is 0 Å². The van der Waals surface area contributed by atoms with Gasteiger partial charge in [0, 0.05) is 0 Å². The van der Waals surface area contributed by atoms with E-state index in [0.29, 0.717) is 12.2 Å². The third kappa shape index (κ3) is 1.50. The highest BCUT2D eigenvalue weighted by molar-refractivity contribution is 5.86. The molecule has 0 radical (unpaired) electrons. The Morgan fingerprint density at radius 1 is 1.75 bits per heavy atom. The molecule has 0 aliphatic carbocycles. The van der Waals surface area contributed by atoms with Gasteiger partial charge in [-0.1, -0.05) is 6.08 Å². The van der Waals surface area contributed by atoms with Crippen molar-refractivity contribution in [1.29, 1.82) is 0 Å². The zero-order valence-corrected chi connectivity index (χ0v) is 6.69. The average Bonchev–Trinajstić information content (AvgIpc) is 2.32. The van der Waals surface area contributed by atoms with Crippen LogP contribution in [0.15, 0.2) is 12.7 Å². The van der Waals surface area contributed by atoms with Gasteiger partial charge in [-0.2, -0.15) is 9.90 Å². The van der Waals surface area contributed by atoms with E-state index < -0.39 is 5.97 Å². The van der Waals surface area contributed by atoms with Gasteiger partial charge >= 0.3 is 5.97 Å². The van der Waals surface area contributed by atoms with Gasteiger partial charge in [0.25, 0.3) is 0 Å². The maximum Gasteiger partial charge on any atom is 0.358 e. The van der Waals surface area contributed by atoms with Crippen LogP contribution in [0.3, 0.4) is 0 Å². The van der Waals surface area contributed by atoms with E-state index in [1.807, 2.05) is 0 Å². The Balaban J connectivity index is 2.99. The molecule has 0 saturated carbocycles. The molecule has 1 aromatic rings. The molecular weight excluding hydrogens is 158 g/mol. The van der Waals surface area contributed by atoms with Crippen molar-refractivity contribution in [3.63, 3.8) is 0 Å². The maximum absolute atomic E-state index is 10.5. The van der Waals surface area contributed by atoms with Crippen LogP contribution in [0.5, 0.6) is 0 Å². The normalized spacial score (nSPS) is 9.75. The minimum Gasteiger partial charge on any atom is -0.476 e. The first kappa shape index (κ1) is 8.45. The molecule has 1 heterocycles. The van der Waals surface area contributed by atoms with E-state index >= 15 is 0 Å². The zero-order chi connectivity index (χ0) is 9.14. The summed E-state index contributed by atoms with van der Waals surface area (Å²) in [5, 5.41) is 16.2. The summed E-state index contributed by atoms with van der Waals surface area (Å²) in [7, 11) is 0. The Morgan fingerprint density at radius 3 is 2.83 bits per heavy atom. The number of aryl methyl sites for hydroxylation is 1. The topological polar surface area (TPSA) is 68.0 Å². The lowest BCUT2D eigenvalue weighted by atomic mass is 10.4. The highest BCUT2D eigenvalue weighted by Crippen LogP contribution is 1.99. The average molecular weight is 167 g/mol. The fourth-order valence-electron chi connectivity index (χ4n) is 0.825. The summed E-state index contributed by atoms with van der Waals surface area (Å²) >= 11 is 0. The Bertz CT molecular complexity index is 316. The van der Waals surface area contributed by atoms with Gasteiger partial charge in [0.05, 0.1) is 12.2 Å². The molecule has 5 nitrogen and oxygen atoms in total. The molecule has 0 atom stereocenters. The lowest BCUT2D eigenvalue weighted by molar-refractivity contribution is 0.0689. The summed E-state index contributed by atoms with van der Waals surface area (Å²) in [6, 6.07) is 0. The zero-order valence-electron chi connectivity index (χ0n) is 6.69. The monoisotopic (exact) mass is 167 g/mol. The molecule has 64 valence electrons. The molecule has 0 aromatic carbocycles. The summed E-state index contributed by atoms with van der Waals surface area (Å²) in [4.78, 5) is 11.8. The second-order valence-corrected chi connectivity index (χ2v) is 2.28. The number of nitrogens with zero attached hydrogens (tertiary/aromatic N) is 3. The number of hydrogen-bond donors (Lipinski definition) is 1. The van der Waals surface area contributed by atoms with E-state index in [1.54, 1.807) is 13.0 Å². The van der Waals surface area contributed by atoms with Crippen LogP contribution in [-0.4, -0.2) is 26.1 Å². The van der Waals surface area contributed by atoms with Crippen molar-refractivity contribution in [3.05, 3.63) is 24.0 Å². The first-order chi connectivity index (χ1) is 5.65. The first-order valence-corrected chi connectivity index (χ1v) is 3.41. The van der Waals surface area contributed by atoms with Crippen LogP contribution in [0.25, 0.3) is 0 Å². The molecule has 5 heteroatoms.